The number of nitrogens with zero attached hydrogens (tertiary/aromatic N) is 1. The molecule has 0 saturated carbocycles. The second kappa shape index (κ2) is 13.7. The highest BCUT2D eigenvalue weighted by Gasteiger charge is 2.36. The number of anilines is 3. The first-order valence-corrected chi connectivity index (χ1v) is 19.5. The maximum Gasteiger partial charge on any atom is 0.0540 e. The minimum absolute atomic E-state index is 0.0424. The number of para-hydroxylation sites is 1. The molecule has 1 nitrogen and oxygen atoms in total. The van der Waals surface area contributed by atoms with E-state index in [1.807, 2.05) is 0 Å². The molecule has 0 N–H and O–H groups in total. The maximum atomic E-state index is 2.41. The van der Waals surface area contributed by atoms with Crippen LogP contribution in [0.15, 0.2) is 212 Å². The van der Waals surface area contributed by atoms with E-state index in [0.29, 0.717) is 0 Å². The Kier molecular flexibility index (Phi) is 8.23. The first kappa shape index (κ1) is 33.6. The predicted molar refractivity (Wildman–Crippen MR) is 238 cm³/mol. The number of hydrogen-bond donors (Lipinski definition) is 0. The van der Waals surface area contributed by atoms with Gasteiger partial charge in [-0.15, -0.1) is 0 Å². The van der Waals surface area contributed by atoms with Gasteiger partial charge in [-0.05, 0) is 114 Å². The summed E-state index contributed by atoms with van der Waals surface area (Å²) in [5, 5.41) is 2.50. The van der Waals surface area contributed by atoms with E-state index in [1.54, 1.807) is 0 Å². The van der Waals surface area contributed by atoms with E-state index in [-0.39, 0.29) is 5.41 Å². The summed E-state index contributed by atoms with van der Waals surface area (Å²) in [6, 6.07) is 77.6. The molecule has 0 saturated heterocycles. The van der Waals surface area contributed by atoms with Gasteiger partial charge in [0.1, 0.15) is 0 Å². The molecule has 0 unspecified atom stereocenters. The fraction of sp³-hybridized carbons (Fsp3) is 0.0545. The van der Waals surface area contributed by atoms with Crippen molar-refractivity contribution in [2.75, 3.05) is 4.90 Å². The first-order chi connectivity index (χ1) is 27.5. The third-order valence-corrected chi connectivity index (χ3v) is 11.7. The van der Waals surface area contributed by atoms with Crippen LogP contribution in [0.25, 0.3) is 66.4 Å². The van der Waals surface area contributed by atoms with Crippen LogP contribution in [-0.4, -0.2) is 0 Å². The minimum atomic E-state index is -0.0424. The van der Waals surface area contributed by atoms with Crippen LogP contribution in [0.3, 0.4) is 0 Å². The second-order valence-electron chi connectivity index (χ2n) is 15.4. The van der Waals surface area contributed by atoms with Crippen molar-refractivity contribution in [3.63, 3.8) is 0 Å². The van der Waals surface area contributed by atoms with Crippen LogP contribution in [0.1, 0.15) is 25.0 Å². The number of benzene rings is 9. The van der Waals surface area contributed by atoms with Gasteiger partial charge in [0.15, 0.2) is 0 Å². The van der Waals surface area contributed by atoms with Gasteiger partial charge in [-0.1, -0.05) is 184 Å². The Balaban J connectivity index is 1.09. The lowest BCUT2D eigenvalue weighted by Crippen LogP contribution is -2.14. The molecule has 266 valence electrons. The molecule has 1 aliphatic rings. The van der Waals surface area contributed by atoms with E-state index in [0.717, 1.165) is 17.1 Å². The molecule has 0 spiro atoms. The molecular formula is C55H41N. The first-order valence-electron chi connectivity index (χ1n) is 19.5. The van der Waals surface area contributed by atoms with Crippen LogP contribution in [0.5, 0.6) is 0 Å². The molecule has 1 aliphatic carbocycles. The van der Waals surface area contributed by atoms with Crippen LogP contribution in [0, 0.1) is 0 Å². The Hall–Kier alpha value is -6.96. The number of rotatable bonds is 7. The van der Waals surface area contributed by atoms with Gasteiger partial charge in [-0.2, -0.15) is 0 Å². The summed E-state index contributed by atoms with van der Waals surface area (Å²) in [5.74, 6) is 0. The zero-order valence-corrected chi connectivity index (χ0v) is 31.7. The van der Waals surface area contributed by atoms with Crippen molar-refractivity contribution >= 4 is 27.8 Å². The van der Waals surface area contributed by atoms with Crippen molar-refractivity contribution in [3.05, 3.63) is 223 Å². The van der Waals surface area contributed by atoms with Crippen LogP contribution in [-0.2, 0) is 5.41 Å². The number of fused-ring (bicyclic) bond motifs is 4. The van der Waals surface area contributed by atoms with Gasteiger partial charge in [0, 0.05) is 22.4 Å². The minimum Gasteiger partial charge on any atom is -0.310 e. The van der Waals surface area contributed by atoms with Gasteiger partial charge < -0.3 is 4.90 Å². The fourth-order valence-electron chi connectivity index (χ4n) is 8.79. The summed E-state index contributed by atoms with van der Waals surface area (Å²) < 4.78 is 0. The predicted octanol–water partition coefficient (Wildman–Crippen LogP) is 15.3. The second-order valence-corrected chi connectivity index (χ2v) is 15.4. The molecule has 0 heterocycles. The highest BCUT2D eigenvalue weighted by Crippen LogP contribution is 2.52. The monoisotopic (exact) mass is 715 g/mol. The van der Waals surface area contributed by atoms with E-state index in [4.69, 9.17) is 0 Å². The van der Waals surface area contributed by atoms with Crippen LogP contribution < -0.4 is 4.90 Å². The lowest BCUT2D eigenvalue weighted by atomic mass is 9.82. The van der Waals surface area contributed by atoms with Crippen molar-refractivity contribution in [1.29, 1.82) is 0 Å². The number of hydrogen-bond acceptors (Lipinski definition) is 1. The van der Waals surface area contributed by atoms with Crippen LogP contribution >= 0.6 is 0 Å². The van der Waals surface area contributed by atoms with E-state index in [9.17, 15) is 0 Å². The SMILES string of the molecule is CC1(C)c2ccccc2-c2c(-c3ccc(N(c4ccc(-c5ccc6ccccc6c5)cc4)c4ccccc4-c4cccc(-c5ccccc5)c4)cc3)cccc21. The summed E-state index contributed by atoms with van der Waals surface area (Å²) in [7, 11) is 0. The molecule has 0 fully saturated rings. The van der Waals surface area contributed by atoms with Gasteiger partial charge in [-0.3, -0.25) is 0 Å². The van der Waals surface area contributed by atoms with Crippen LogP contribution in [0.2, 0.25) is 0 Å². The molecule has 10 rings (SSSR count). The molecule has 1 heteroatoms. The van der Waals surface area contributed by atoms with Crippen molar-refractivity contribution < 1.29 is 0 Å². The van der Waals surface area contributed by atoms with Gasteiger partial charge in [-0.25, -0.2) is 0 Å². The van der Waals surface area contributed by atoms with E-state index in [2.05, 4.69) is 231 Å². The Bertz CT molecular complexity index is 2860. The Morgan fingerprint density at radius 3 is 1.62 bits per heavy atom. The zero-order valence-electron chi connectivity index (χ0n) is 31.7. The van der Waals surface area contributed by atoms with E-state index < -0.39 is 0 Å². The van der Waals surface area contributed by atoms with Gasteiger partial charge in [0.05, 0.1) is 5.69 Å². The molecule has 0 atom stereocenters. The third kappa shape index (κ3) is 5.81. The van der Waals surface area contributed by atoms with E-state index >= 15 is 0 Å². The lowest BCUT2D eigenvalue weighted by molar-refractivity contribution is 0.660. The fourth-order valence-corrected chi connectivity index (χ4v) is 8.79. The van der Waals surface area contributed by atoms with Crippen molar-refractivity contribution in [1.82, 2.24) is 0 Å². The quantitative estimate of drug-likeness (QED) is 0.159. The van der Waals surface area contributed by atoms with E-state index in [1.165, 1.54) is 77.5 Å². The van der Waals surface area contributed by atoms with Crippen LogP contribution in [0.4, 0.5) is 17.1 Å². The van der Waals surface area contributed by atoms with Crippen molar-refractivity contribution in [3.8, 4) is 55.6 Å². The molecule has 0 aromatic heterocycles. The van der Waals surface area contributed by atoms with Gasteiger partial charge in [0.2, 0.25) is 0 Å². The molecule has 56 heavy (non-hydrogen) atoms. The summed E-state index contributed by atoms with van der Waals surface area (Å²) in [6.45, 7) is 4.70. The van der Waals surface area contributed by atoms with Crippen molar-refractivity contribution in [2.24, 2.45) is 0 Å². The topological polar surface area (TPSA) is 3.24 Å². The Labute approximate surface area is 329 Å². The molecule has 0 bridgehead atoms. The summed E-state index contributed by atoms with van der Waals surface area (Å²) in [4.78, 5) is 2.41. The molecular weight excluding hydrogens is 675 g/mol. The van der Waals surface area contributed by atoms with Gasteiger partial charge in [0.25, 0.3) is 0 Å². The zero-order chi connectivity index (χ0) is 37.6. The third-order valence-electron chi connectivity index (χ3n) is 11.7. The normalized spacial score (nSPS) is 12.6. The highest BCUT2D eigenvalue weighted by atomic mass is 15.1. The lowest BCUT2D eigenvalue weighted by Gasteiger charge is -2.28. The smallest absolute Gasteiger partial charge is 0.0540 e. The molecule has 0 radical (unpaired) electrons. The average Bonchev–Trinajstić information content (AvgIpc) is 3.50. The molecule has 9 aromatic carbocycles. The Morgan fingerprint density at radius 1 is 0.321 bits per heavy atom. The molecule has 0 aliphatic heterocycles. The maximum absolute atomic E-state index is 2.41. The largest absolute Gasteiger partial charge is 0.310 e. The summed E-state index contributed by atoms with van der Waals surface area (Å²) in [5.41, 5.74) is 18.4. The highest BCUT2D eigenvalue weighted by molar-refractivity contribution is 5.94. The Morgan fingerprint density at radius 2 is 0.839 bits per heavy atom. The summed E-state index contributed by atoms with van der Waals surface area (Å²) >= 11 is 0. The molecule has 0 amide bonds. The van der Waals surface area contributed by atoms with Crippen molar-refractivity contribution in [2.45, 2.75) is 19.3 Å². The average molecular weight is 716 g/mol. The summed E-state index contributed by atoms with van der Waals surface area (Å²) in [6.07, 6.45) is 0. The van der Waals surface area contributed by atoms with Gasteiger partial charge >= 0.3 is 0 Å². The standard InChI is InChI=1S/C55H41N/c1-55(2)51-23-10-8-21-50(51)54-49(22-13-24-52(54)55)41-30-34-47(35-31-41)56(46-32-28-40(29-33-46)44-27-26-39-16-6-7-17-42(39)36-44)53-25-11-9-20-48(53)45-19-12-18-43(37-45)38-14-4-3-5-15-38/h3-37H,1-2H3. The molecule has 9 aromatic rings.